The number of rotatable bonds is 9. The van der Waals surface area contributed by atoms with Crippen LogP contribution < -0.4 is 0 Å². The number of ether oxygens (including phenoxy) is 2. The highest BCUT2D eigenvalue weighted by molar-refractivity contribution is 5.82. The van der Waals surface area contributed by atoms with Crippen LogP contribution in [0.4, 0.5) is 0 Å². The van der Waals surface area contributed by atoms with Gasteiger partial charge in [0, 0.05) is 11.5 Å². The van der Waals surface area contributed by atoms with E-state index in [1.54, 1.807) is 4.90 Å². The maximum atomic E-state index is 12.0. The first-order valence-corrected chi connectivity index (χ1v) is 7.02. The molecular formula is C15H20N2O6. The van der Waals surface area contributed by atoms with Gasteiger partial charge in [-0.25, -0.2) is 0 Å². The van der Waals surface area contributed by atoms with Crippen LogP contribution in [0.5, 0.6) is 0 Å². The third-order valence-electron chi connectivity index (χ3n) is 3.30. The van der Waals surface area contributed by atoms with Crippen molar-refractivity contribution in [2.45, 2.75) is 19.0 Å². The van der Waals surface area contributed by atoms with Crippen molar-refractivity contribution < 1.29 is 24.0 Å². The monoisotopic (exact) mass is 324 g/mol. The van der Waals surface area contributed by atoms with Crippen LogP contribution in [-0.2, 0) is 25.6 Å². The Labute approximate surface area is 134 Å². The van der Waals surface area contributed by atoms with Gasteiger partial charge < -0.3 is 9.47 Å². The Hall–Kier alpha value is -2.48. The van der Waals surface area contributed by atoms with Crippen LogP contribution in [0.2, 0.25) is 0 Å². The van der Waals surface area contributed by atoms with Crippen molar-refractivity contribution in [1.82, 2.24) is 4.90 Å². The molecule has 0 aliphatic rings. The van der Waals surface area contributed by atoms with Crippen molar-refractivity contribution in [3.8, 4) is 0 Å². The minimum Gasteiger partial charge on any atom is -0.469 e. The maximum Gasteiger partial charge on any atom is 0.323 e. The molecule has 0 saturated carbocycles. The minimum absolute atomic E-state index is 0.0126. The first kappa shape index (κ1) is 18.6. The maximum absolute atomic E-state index is 12.0. The van der Waals surface area contributed by atoms with Crippen LogP contribution in [0.3, 0.4) is 0 Å². The van der Waals surface area contributed by atoms with Gasteiger partial charge in [-0.05, 0) is 5.56 Å². The summed E-state index contributed by atoms with van der Waals surface area (Å²) in [6.07, 6.45) is -0.228. The van der Waals surface area contributed by atoms with Gasteiger partial charge in [0.05, 0.1) is 27.2 Å². The summed E-state index contributed by atoms with van der Waals surface area (Å²) in [7, 11) is 2.43. The number of methoxy groups -OCH3 is 2. The Morgan fingerprint density at radius 3 is 2.39 bits per heavy atom. The number of carbonyl (C=O) groups excluding carboxylic acids is 2. The van der Waals surface area contributed by atoms with E-state index in [0.29, 0.717) is 0 Å². The fourth-order valence-corrected chi connectivity index (χ4v) is 2.11. The Morgan fingerprint density at radius 1 is 1.22 bits per heavy atom. The van der Waals surface area contributed by atoms with Gasteiger partial charge in [-0.2, -0.15) is 0 Å². The normalized spacial score (nSPS) is 11.8. The minimum atomic E-state index is -0.937. The molecule has 23 heavy (non-hydrogen) atoms. The average molecular weight is 324 g/mol. The molecule has 126 valence electrons. The van der Waals surface area contributed by atoms with Crippen molar-refractivity contribution in [2.24, 2.45) is 0 Å². The fourth-order valence-electron chi connectivity index (χ4n) is 2.11. The molecule has 0 amide bonds. The van der Waals surface area contributed by atoms with Gasteiger partial charge in [0.25, 0.3) is 0 Å². The molecule has 1 aromatic rings. The summed E-state index contributed by atoms with van der Waals surface area (Å²) in [5.41, 5.74) is 0.870. The zero-order valence-corrected chi connectivity index (χ0v) is 13.1. The smallest absolute Gasteiger partial charge is 0.323 e. The second-order valence-electron chi connectivity index (χ2n) is 4.83. The van der Waals surface area contributed by atoms with E-state index in [1.807, 2.05) is 30.3 Å². The Kier molecular flexibility index (Phi) is 7.69. The first-order valence-electron chi connectivity index (χ1n) is 7.02. The molecular weight excluding hydrogens is 304 g/mol. The van der Waals surface area contributed by atoms with E-state index in [-0.39, 0.29) is 26.1 Å². The number of esters is 2. The molecule has 0 radical (unpaired) electrons. The second kappa shape index (κ2) is 9.52. The zero-order valence-electron chi connectivity index (χ0n) is 13.1. The van der Waals surface area contributed by atoms with Crippen LogP contribution in [0, 0.1) is 10.1 Å². The summed E-state index contributed by atoms with van der Waals surface area (Å²) >= 11 is 0. The molecule has 0 unspecified atom stereocenters. The quantitative estimate of drug-likeness (QED) is 0.377. The molecule has 1 atom stereocenters. The second-order valence-corrected chi connectivity index (χ2v) is 4.83. The van der Waals surface area contributed by atoms with E-state index in [0.717, 1.165) is 5.56 Å². The molecule has 0 aliphatic carbocycles. The molecule has 0 saturated heterocycles. The Bertz CT molecular complexity index is 534. The lowest BCUT2D eigenvalue weighted by Gasteiger charge is -2.28. The van der Waals surface area contributed by atoms with Gasteiger partial charge in [-0.3, -0.25) is 24.6 Å². The van der Waals surface area contributed by atoms with E-state index in [2.05, 4.69) is 4.74 Å². The van der Waals surface area contributed by atoms with Gasteiger partial charge in [-0.1, -0.05) is 30.3 Å². The lowest BCUT2D eigenvalue weighted by molar-refractivity contribution is -0.480. The van der Waals surface area contributed by atoms with E-state index in [9.17, 15) is 19.7 Å². The Morgan fingerprint density at radius 2 is 1.87 bits per heavy atom. The molecule has 1 rings (SSSR count). The van der Waals surface area contributed by atoms with Gasteiger partial charge >= 0.3 is 11.9 Å². The number of benzene rings is 1. The SMILES string of the molecule is COC(=O)C[C@@H](C(=O)OC)N(CC[N+](=O)[O-])Cc1ccccc1. The molecule has 1 aromatic carbocycles. The van der Waals surface area contributed by atoms with Crippen molar-refractivity contribution >= 4 is 11.9 Å². The number of carbonyl (C=O) groups is 2. The molecule has 0 fully saturated rings. The molecule has 0 heterocycles. The van der Waals surface area contributed by atoms with Crippen LogP contribution in [0.25, 0.3) is 0 Å². The predicted octanol–water partition coefficient (Wildman–Crippen LogP) is 0.870. The number of hydrogen-bond donors (Lipinski definition) is 0. The summed E-state index contributed by atoms with van der Waals surface area (Å²) in [6.45, 7) is -0.0500. The summed E-state index contributed by atoms with van der Waals surface area (Å²) in [5, 5.41) is 10.7. The van der Waals surface area contributed by atoms with Gasteiger partial charge in [0.1, 0.15) is 6.04 Å². The van der Waals surface area contributed by atoms with Crippen LogP contribution in [-0.4, -0.2) is 55.1 Å². The van der Waals surface area contributed by atoms with E-state index < -0.39 is 22.9 Å². The summed E-state index contributed by atoms with van der Waals surface area (Å²) in [4.78, 5) is 35.3. The highest BCUT2D eigenvalue weighted by Gasteiger charge is 2.30. The van der Waals surface area contributed by atoms with Gasteiger partial charge in [0.2, 0.25) is 6.54 Å². The summed E-state index contributed by atoms with van der Waals surface area (Å²) < 4.78 is 9.32. The molecule has 0 bridgehead atoms. The number of nitro groups is 1. The fraction of sp³-hybridized carbons (Fsp3) is 0.467. The van der Waals surface area contributed by atoms with Crippen molar-refractivity contribution in [2.75, 3.05) is 27.3 Å². The summed E-state index contributed by atoms with van der Waals surface area (Å²) in [5.74, 6) is -1.21. The predicted molar refractivity (Wildman–Crippen MR) is 81.2 cm³/mol. The molecule has 0 aromatic heterocycles. The van der Waals surface area contributed by atoms with Gasteiger partial charge in [-0.15, -0.1) is 0 Å². The topological polar surface area (TPSA) is 99.0 Å². The van der Waals surface area contributed by atoms with E-state index >= 15 is 0 Å². The molecule has 8 heteroatoms. The molecule has 8 nitrogen and oxygen atoms in total. The number of hydrogen-bond acceptors (Lipinski definition) is 7. The van der Waals surface area contributed by atoms with Crippen molar-refractivity contribution in [3.63, 3.8) is 0 Å². The van der Waals surface area contributed by atoms with Crippen LogP contribution in [0.15, 0.2) is 30.3 Å². The summed E-state index contributed by atoms with van der Waals surface area (Å²) in [6, 6.07) is 8.24. The average Bonchev–Trinajstić information content (AvgIpc) is 2.56. The molecule has 0 N–H and O–H groups in total. The lowest BCUT2D eigenvalue weighted by Crippen LogP contribution is -2.45. The van der Waals surface area contributed by atoms with Crippen molar-refractivity contribution in [3.05, 3.63) is 46.0 Å². The highest BCUT2D eigenvalue weighted by Crippen LogP contribution is 2.13. The third kappa shape index (κ3) is 6.43. The van der Waals surface area contributed by atoms with E-state index in [1.165, 1.54) is 14.2 Å². The van der Waals surface area contributed by atoms with E-state index in [4.69, 9.17) is 4.74 Å². The first-order chi connectivity index (χ1) is 11.0. The van der Waals surface area contributed by atoms with Crippen LogP contribution in [0.1, 0.15) is 12.0 Å². The Balaban J connectivity index is 2.97. The molecule has 0 spiro atoms. The number of nitrogens with zero attached hydrogens (tertiary/aromatic N) is 2. The standard InChI is InChI=1S/C15H20N2O6/c1-22-14(18)10-13(15(19)23-2)16(8-9-17(20)21)11-12-6-4-3-5-7-12/h3-7,13H,8-11H2,1-2H3/t13-/m0/s1. The largest absolute Gasteiger partial charge is 0.469 e. The zero-order chi connectivity index (χ0) is 17.2. The lowest BCUT2D eigenvalue weighted by atomic mass is 10.1. The molecule has 0 aliphatic heterocycles. The van der Waals surface area contributed by atoms with Crippen LogP contribution >= 0.6 is 0 Å². The van der Waals surface area contributed by atoms with Gasteiger partial charge in [0.15, 0.2) is 0 Å². The highest BCUT2D eigenvalue weighted by atomic mass is 16.6. The third-order valence-corrected chi connectivity index (χ3v) is 3.30. The van der Waals surface area contributed by atoms with Crippen molar-refractivity contribution in [1.29, 1.82) is 0 Å².